The van der Waals surface area contributed by atoms with Crippen molar-refractivity contribution in [1.29, 1.82) is 0 Å². The Labute approximate surface area is 389 Å². The van der Waals surface area contributed by atoms with Gasteiger partial charge in [0.25, 0.3) is 12.6 Å². The first-order valence-electron chi connectivity index (χ1n) is 13.0. The summed E-state index contributed by atoms with van der Waals surface area (Å²) in [6.07, 6.45) is -8.95. The summed E-state index contributed by atoms with van der Waals surface area (Å²) < 4.78 is 17.2. The van der Waals surface area contributed by atoms with Crippen LogP contribution < -0.4 is 0 Å². The van der Waals surface area contributed by atoms with Gasteiger partial charge in [-0.1, -0.05) is 10.1 Å². The number of carboxylic acids is 3. The molecule has 11 N–H and O–H groups in total. The molecule has 0 atom stereocenters. The number of carbonyl (C=O) groups is 3. The van der Waals surface area contributed by atoms with Gasteiger partial charge in [0.2, 0.25) is 0 Å². The Hall–Kier alpha value is -0.682. The molecule has 2 aliphatic heterocycles. The van der Waals surface area contributed by atoms with Crippen molar-refractivity contribution in [2.45, 2.75) is 37.7 Å². The van der Waals surface area contributed by atoms with E-state index in [-0.39, 0.29) is 140 Å². The van der Waals surface area contributed by atoms with Gasteiger partial charge in [-0.25, -0.2) is 14.4 Å². The number of aliphatic hydroxyl groups is 8. The van der Waals surface area contributed by atoms with Gasteiger partial charge >= 0.3 is 50.2 Å². The standard InChI is InChI=1S/2C9H8O7.C9H10O6.CH3.2O.4U/c2*10-7(11)4-1-5(8(12)13)3-6(2-4)9-14-16-15-9;10-7(11)4-1-5(8(12)13)3-6(2-4)9(14)15;;;;;;;/h2*1-3,7,9-11H,(H,12,13);1-3,7-8,10-13H,(H,14,15);1H3;;;;;;/q;;;-1;;;;;;. The summed E-state index contributed by atoms with van der Waals surface area (Å²) in [6, 6.07) is 10.8. The van der Waals surface area contributed by atoms with Gasteiger partial charge in [-0.3, -0.25) is 0 Å². The molecule has 0 unspecified atom stereocenters. The van der Waals surface area contributed by atoms with E-state index in [0.29, 0.717) is 11.1 Å². The molecule has 0 radical (unpaired) electrons. The maximum Gasteiger partial charge on any atom is 0 e. The summed E-state index contributed by atoms with van der Waals surface area (Å²) in [7, 11) is 0. The Morgan fingerprint density at radius 2 is 0.685 bits per heavy atom. The third-order valence-electron chi connectivity index (χ3n) is 5.92. The van der Waals surface area contributed by atoms with Crippen LogP contribution in [-0.4, -0.2) is 74.1 Å². The normalized spacial score (nSPS) is 12.8. The molecular formula is C28H29O22U4-. The number of aliphatic hydroxyl groups excluding tert-OH is 4. The van der Waals surface area contributed by atoms with Crippen molar-refractivity contribution in [3.63, 3.8) is 0 Å². The molecule has 22 nitrogen and oxygen atoms in total. The van der Waals surface area contributed by atoms with E-state index in [1.165, 1.54) is 24.3 Å². The molecular weight excluding hydrogens is 1640 g/mol. The monoisotopic (exact) mass is 1670 g/mol. The fourth-order valence-electron chi connectivity index (χ4n) is 3.65. The number of hydrogen-bond donors (Lipinski definition) is 11. The van der Waals surface area contributed by atoms with Crippen LogP contribution in [0.15, 0.2) is 54.6 Å². The van der Waals surface area contributed by atoms with E-state index in [9.17, 15) is 14.4 Å². The predicted octanol–water partition coefficient (Wildman–Crippen LogP) is 0.0839. The molecule has 3 aromatic carbocycles. The van der Waals surface area contributed by atoms with Crippen LogP contribution in [0.4, 0.5) is 0 Å². The summed E-state index contributed by atoms with van der Waals surface area (Å²) in [5, 5.41) is 106. The molecule has 2 aliphatic rings. The largest absolute Gasteiger partial charge is 0 e. The number of benzene rings is 3. The van der Waals surface area contributed by atoms with Crippen LogP contribution in [0.1, 0.15) is 102 Å². The molecule has 2 saturated heterocycles. The minimum Gasteiger partial charge on any atom is 0 e. The Kier molecular flexibility index (Phi) is 30.6. The van der Waals surface area contributed by atoms with Crippen LogP contribution in [0.3, 0.4) is 0 Å². The summed E-state index contributed by atoms with van der Waals surface area (Å²) in [5.41, 5.74) is 0.0607. The van der Waals surface area contributed by atoms with E-state index >= 15 is 0 Å². The number of rotatable bonds is 9. The van der Waals surface area contributed by atoms with Crippen LogP contribution in [-0.2, 0) is 34.1 Å². The molecule has 0 saturated carbocycles. The van der Waals surface area contributed by atoms with E-state index in [0.717, 1.165) is 30.3 Å². The number of carboxylic acid groups (broad SMARTS) is 3. The van der Waals surface area contributed by atoms with Crippen molar-refractivity contribution in [3.05, 3.63) is 112 Å². The smallest absolute Gasteiger partial charge is 0 e. The Morgan fingerprint density at radius 1 is 0.463 bits per heavy atom. The number of hydrogen-bond acceptors (Lipinski definition) is 19. The van der Waals surface area contributed by atoms with Crippen molar-refractivity contribution < 1.29 is 226 Å². The summed E-state index contributed by atoms with van der Waals surface area (Å²) in [5.74, 6) is -3.67. The Balaban J connectivity index is -0.000000672. The zero-order valence-corrected chi connectivity index (χ0v) is 43.7. The molecule has 3 aromatic rings. The second-order valence-corrected chi connectivity index (χ2v) is 10.0. The zero-order valence-electron chi connectivity index (χ0n) is 27.1. The van der Waals surface area contributed by atoms with Gasteiger partial charge in [-0.2, -0.15) is 19.6 Å². The van der Waals surface area contributed by atoms with Crippen LogP contribution in [0.25, 0.3) is 0 Å². The molecule has 26 heteroatoms. The van der Waals surface area contributed by atoms with Crippen LogP contribution in [0, 0.1) is 129 Å². The van der Waals surface area contributed by atoms with Gasteiger partial charge in [0.05, 0.1) is 16.7 Å². The van der Waals surface area contributed by atoms with Crippen LogP contribution in [0.2, 0.25) is 0 Å². The van der Waals surface area contributed by atoms with Crippen molar-refractivity contribution in [1.82, 2.24) is 0 Å². The van der Waals surface area contributed by atoms with Crippen molar-refractivity contribution in [3.8, 4) is 0 Å². The maximum absolute atomic E-state index is 10.8. The molecule has 54 heavy (non-hydrogen) atoms. The van der Waals surface area contributed by atoms with E-state index in [1.54, 1.807) is 0 Å². The summed E-state index contributed by atoms with van der Waals surface area (Å²) in [6.45, 7) is 0. The third-order valence-corrected chi connectivity index (χ3v) is 5.92. The molecule has 5 rings (SSSR count). The summed E-state index contributed by atoms with van der Waals surface area (Å²) >= 11 is -2.51. The molecule has 290 valence electrons. The average molecular weight is 1670 g/mol. The fraction of sp³-hybridized carbons (Fsp3) is 0.214. The third kappa shape index (κ3) is 18.7. The molecule has 0 bridgehead atoms. The van der Waals surface area contributed by atoms with Gasteiger partial charge in [-0.15, -0.1) is 0 Å². The predicted molar refractivity (Wildman–Crippen MR) is 149 cm³/mol. The van der Waals surface area contributed by atoms with E-state index in [1.807, 2.05) is 0 Å². The molecule has 0 aliphatic carbocycles. The van der Waals surface area contributed by atoms with Gasteiger partial charge in [0.15, 0.2) is 25.2 Å². The van der Waals surface area contributed by atoms with Gasteiger partial charge in [-0.05, 0) is 54.6 Å². The van der Waals surface area contributed by atoms with Gasteiger partial charge in [0.1, 0.15) is 0 Å². The molecule has 2 heterocycles. The molecule has 0 aromatic heterocycles. The second-order valence-electron chi connectivity index (χ2n) is 9.34. The van der Waals surface area contributed by atoms with Crippen molar-refractivity contribution in [2.75, 3.05) is 0 Å². The Morgan fingerprint density at radius 3 is 0.870 bits per heavy atom. The SMILES string of the molecule is O=C(O)c1cc(C(O)O)cc(C(O)O)c1.O=C(O)c1cc(C(O)O)cc(C2OOO2)c1.O=C(O)c1cc(C(O)O)cc(C2OOO2)c1.[CH3-].[O]=[U]=[O].[U].[U].[U]. The van der Waals surface area contributed by atoms with Crippen LogP contribution in [0.5, 0.6) is 0 Å². The summed E-state index contributed by atoms with van der Waals surface area (Å²) in [4.78, 5) is 50.2. The van der Waals surface area contributed by atoms with E-state index < -0.39 is 83.5 Å². The maximum atomic E-state index is 10.8. The minimum absolute atomic E-state index is 0. The molecule has 2 fully saturated rings. The van der Waals surface area contributed by atoms with Gasteiger partial charge in [0, 0.05) is 127 Å². The average Bonchev–Trinajstić information content (AvgIpc) is 2.99. The number of aromatic carboxylic acids is 3. The quantitative estimate of drug-likeness (QED) is 0.0768. The minimum atomic E-state index is -2.51. The fourth-order valence-corrected chi connectivity index (χ4v) is 3.65. The topological polar surface area (TPSA) is 363 Å². The second kappa shape index (κ2) is 28.7. The first kappa shape index (κ1) is 57.6. The van der Waals surface area contributed by atoms with E-state index in [2.05, 4.69) is 29.6 Å². The van der Waals surface area contributed by atoms with Crippen LogP contribution >= 0.6 is 0 Å². The zero-order chi connectivity index (χ0) is 37.7. The van der Waals surface area contributed by atoms with Gasteiger partial charge < -0.3 is 63.6 Å². The van der Waals surface area contributed by atoms with E-state index in [4.69, 9.17) is 60.6 Å². The van der Waals surface area contributed by atoms with Crippen molar-refractivity contribution in [2.24, 2.45) is 0 Å². The van der Waals surface area contributed by atoms with Crippen molar-refractivity contribution >= 4 is 17.9 Å². The molecule has 0 amide bonds. The Bertz CT molecular complexity index is 1570. The first-order valence-corrected chi connectivity index (χ1v) is 16.4. The molecule has 0 spiro atoms. The first-order chi connectivity index (χ1) is 23.5.